The van der Waals surface area contributed by atoms with Gasteiger partial charge in [0, 0.05) is 6.07 Å². The molecule has 0 atom stereocenters. The molecule has 0 spiro atoms. The maximum absolute atomic E-state index is 11.1. The number of nitro groups is 1. The van der Waals surface area contributed by atoms with Crippen LogP contribution in [0, 0.1) is 27.9 Å². The number of nitrogens with one attached hydrogen (secondary N) is 1. The summed E-state index contributed by atoms with van der Waals surface area (Å²) in [4.78, 5) is 15.8. The highest BCUT2D eigenvalue weighted by Crippen LogP contribution is 2.57. The predicted octanol–water partition coefficient (Wildman–Crippen LogP) is 4.39. The van der Waals surface area contributed by atoms with Crippen molar-refractivity contribution >= 4 is 17.2 Å². The van der Waals surface area contributed by atoms with E-state index in [0.717, 1.165) is 23.6 Å². The number of nitro benzene ring substituents is 1. The van der Waals surface area contributed by atoms with Crippen LogP contribution in [-0.2, 0) is 0 Å². The van der Waals surface area contributed by atoms with Crippen molar-refractivity contribution in [2.24, 2.45) is 22.7 Å². The second kappa shape index (κ2) is 5.32. The van der Waals surface area contributed by atoms with E-state index in [1.54, 1.807) is 12.1 Å². The monoisotopic (exact) mass is 313 g/mol. The van der Waals surface area contributed by atoms with Gasteiger partial charge in [-0.15, -0.1) is 0 Å². The fourth-order valence-corrected chi connectivity index (χ4v) is 5.52. The van der Waals surface area contributed by atoms with Crippen LogP contribution in [-0.4, -0.2) is 16.3 Å². The third-order valence-electron chi connectivity index (χ3n) is 5.83. The van der Waals surface area contributed by atoms with E-state index in [1.807, 2.05) is 13.0 Å². The van der Waals surface area contributed by atoms with E-state index < -0.39 is 0 Å². The zero-order valence-electron chi connectivity index (χ0n) is 13.5. The molecule has 4 saturated carbocycles. The van der Waals surface area contributed by atoms with Gasteiger partial charge in [-0.3, -0.25) is 15.1 Å². The first-order valence-corrected chi connectivity index (χ1v) is 8.60. The molecule has 0 heterocycles. The minimum Gasteiger partial charge on any atom is -0.339 e. The lowest BCUT2D eigenvalue weighted by molar-refractivity contribution is -0.383. The van der Waals surface area contributed by atoms with Crippen molar-refractivity contribution in [3.05, 3.63) is 34.4 Å². The number of hydrogen-bond acceptors (Lipinski definition) is 3. The molecule has 122 valence electrons. The van der Waals surface area contributed by atoms with Crippen LogP contribution in [0.1, 0.15) is 45.4 Å². The number of para-hydroxylation sites is 2. The topological polar surface area (TPSA) is 67.5 Å². The SMILES string of the molecule is CC(=NC12CC3CC(CC(C3)C1)C2)Nc1ccccc1[N+](=O)[O-]. The number of amidine groups is 1. The van der Waals surface area contributed by atoms with Crippen molar-refractivity contribution < 1.29 is 4.92 Å². The molecular formula is C18H23N3O2. The Hall–Kier alpha value is -1.91. The molecule has 4 aliphatic rings. The fourth-order valence-electron chi connectivity index (χ4n) is 5.52. The molecule has 1 aromatic carbocycles. The molecule has 0 aromatic heterocycles. The number of anilines is 1. The quantitative estimate of drug-likeness (QED) is 0.389. The van der Waals surface area contributed by atoms with E-state index in [1.165, 1.54) is 44.6 Å². The van der Waals surface area contributed by atoms with Crippen LogP contribution in [0.25, 0.3) is 0 Å². The number of aliphatic imine (C=N–C) groups is 1. The zero-order chi connectivity index (χ0) is 16.0. The lowest BCUT2D eigenvalue weighted by Crippen LogP contribution is -2.49. The van der Waals surface area contributed by atoms with Gasteiger partial charge < -0.3 is 5.32 Å². The van der Waals surface area contributed by atoms with Crippen LogP contribution in [0.15, 0.2) is 29.3 Å². The predicted molar refractivity (Wildman–Crippen MR) is 90.7 cm³/mol. The highest BCUT2D eigenvalue weighted by molar-refractivity contribution is 5.95. The first kappa shape index (κ1) is 14.7. The van der Waals surface area contributed by atoms with Gasteiger partial charge in [0.15, 0.2) is 0 Å². The van der Waals surface area contributed by atoms with E-state index in [-0.39, 0.29) is 16.1 Å². The van der Waals surface area contributed by atoms with E-state index >= 15 is 0 Å². The molecule has 4 aliphatic carbocycles. The second-order valence-corrected chi connectivity index (χ2v) is 7.74. The summed E-state index contributed by atoms with van der Waals surface area (Å²) in [6.45, 7) is 1.94. The normalized spacial score (nSPS) is 35.3. The fraction of sp³-hybridized carbons (Fsp3) is 0.611. The molecule has 1 aromatic rings. The maximum atomic E-state index is 11.1. The van der Waals surface area contributed by atoms with Gasteiger partial charge in [-0.2, -0.15) is 0 Å². The van der Waals surface area contributed by atoms with Crippen molar-refractivity contribution in [1.82, 2.24) is 0 Å². The number of nitrogens with zero attached hydrogens (tertiary/aromatic N) is 2. The van der Waals surface area contributed by atoms with E-state index in [2.05, 4.69) is 5.32 Å². The maximum Gasteiger partial charge on any atom is 0.292 e. The summed E-state index contributed by atoms with van der Waals surface area (Å²) in [7, 11) is 0. The Morgan fingerprint density at radius 2 is 1.74 bits per heavy atom. The summed E-state index contributed by atoms with van der Waals surface area (Å²) >= 11 is 0. The lowest BCUT2D eigenvalue weighted by atomic mass is 9.53. The molecule has 4 fully saturated rings. The number of hydrogen-bond donors (Lipinski definition) is 1. The Labute approximate surface area is 136 Å². The van der Waals surface area contributed by atoms with Gasteiger partial charge in [0.1, 0.15) is 5.69 Å². The van der Waals surface area contributed by atoms with E-state index in [9.17, 15) is 10.1 Å². The number of rotatable bonds is 3. The molecule has 5 nitrogen and oxygen atoms in total. The molecule has 5 heteroatoms. The van der Waals surface area contributed by atoms with E-state index in [0.29, 0.717) is 5.69 Å². The van der Waals surface area contributed by atoms with Crippen molar-refractivity contribution in [3.63, 3.8) is 0 Å². The van der Waals surface area contributed by atoms with Crippen molar-refractivity contribution in [1.29, 1.82) is 0 Å². The van der Waals surface area contributed by atoms with Crippen LogP contribution >= 0.6 is 0 Å². The molecule has 0 radical (unpaired) electrons. The van der Waals surface area contributed by atoms with Gasteiger partial charge in [-0.05, 0) is 69.3 Å². The smallest absolute Gasteiger partial charge is 0.292 e. The molecule has 0 amide bonds. The van der Waals surface area contributed by atoms with Gasteiger partial charge >= 0.3 is 0 Å². The Bertz CT molecular complexity index is 633. The highest BCUT2D eigenvalue weighted by atomic mass is 16.6. The standard InChI is InChI=1S/C18H23N3O2/c1-12(19-16-4-2-3-5-17(16)21(22)23)20-18-9-13-6-14(10-18)8-15(7-13)11-18/h2-5,13-15H,6-11H2,1H3,(H,19,20). The van der Waals surface area contributed by atoms with Crippen LogP contribution in [0.5, 0.6) is 0 Å². The third kappa shape index (κ3) is 2.73. The average molecular weight is 313 g/mol. The highest BCUT2D eigenvalue weighted by Gasteiger charge is 2.51. The minimum absolute atomic E-state index is 0.0927. The summed E-state index contributed by atoms with van der Waals surface area (Å²) in [5.41, 5.74) is 0.728. The summed E-state index contributed by atoms with van der Waals surface area (Å²) in [5, 5.41) is 14.3. The largest absolute Gasteiger partial charge is 0.339 e. The molecule has 0 saturated heterocycles. The molecule has 4 bridgehead atoms. The number of benzene rings is 1. The Kier molecular flexibility index (Phi) is 3.39. The average Bonchev–Trinajstić information content (AvgIpc) is 2.45. The van der Waals surface area contributed by atoms with Crippen molar-refractivity contribution in [2.45, 2.75) is 51.0 Å². The summed E-state index contributed by atoms with van der Waals surface area (Å²) in [6, 6.07) is 6.78. The van der Waals surface area contributed by atoms with Crippen LogP contribution in [0.2, 0.25) is 0 Å². The first-order chi connectivity index (χ1) is 11.0. The van der Waals surface area contributed by atoms with Crippen LogP contribution in [0.4, 0.5) is 11.4 Å². The minimum atomic E-state index is -0.347. The Balaban J connectivity index is 1.57. The van der Waals surface area contributed by atoms with Gasteiger partial charge in [-0.25, -0.2) is 0 Å². The summed E-state index contributed by atoms with van der Waals surface area (Å²) in [6.07, 6.45) is 7.79. The molecule has 0 aliphatic heterocycles. The van der Waals surface area contributed by atoms with Crippen molar-refractivity contribution in [2.75, 3.05) is 5.32 Å². The van der Waals surface area contributed by atoms with Crippen LogP contribution < -0.4 is 5.32 Å². The van der Waals surface area contributed by atoms with Gasteiger partial charge in [0.25, 0.3) is 5.69 Å². The molecular weight excluding hydrogens is 290 g/mol. The molecule has 23 heavy (non-hydrogen) atoms. The van der Waals surface area contributed by atoms with Gasteiger partial charge in [0.05, 0.1) is 16.3 Å². The van der Waals surface area contributed by atoms with Gasteiger partial charge in [-0.1, -0.05) is 12.1 Å². The third-order valence-corrected chi connectivity index (χ3v) is 5.83. The lowest BCUT2D eigenvalue weighted by Gasteiger charge is -2.55. The Morgan fingerprint density at radius 1 is 1.17 bits per heavy atom. The molecule has 1 N–H and O–H groups in total. The summed E-state index contributed by atoms with van der Waals surface area (Å²) < 4.78 is 0. The summed E-state index contributed by atoms with van der Waals surface area (Å²) in [5.74, 6) is 3.36. The van der Waals surface area contributed by atoms with Gasteiger partial charge in [0.2, 0.25) is 0 Å². The molecule has 5 rings (SSSR count). The zero-order valence-corrected chi connectivity index (χ0v) is 13.5. The first-order valence-electron chi connectivity index (χ1n) is 8.60. The van der Waals surface area contributed by atoms with Crippen LogP contribution in [0.3, 0.4) is 0 Å². The Morgan fingerprint density at radius 3 is 2.30 bits per heavy atom. The van der Waals surface area contributed by atoms with Crippen molar-refractivity contribution in [3.8, 4) is 0 Å². The second-order valence-electron chi connectivity index (χ2n) is 7.74. The molecule has 0 unspecified atom stereocenters. The van der Waals surface area contributed by atoms with E-state index in [4.69, 9.17) is 4.99 Å².